The van der Waals surface area contributed by atoms with Crippen LogP contribution in [0.15, 0.2) is 60.0 Å². The molecule has 5 rings (SSSR count). The van der Waals surface area contributed by atoms with E-state index < -0.39 is 6.35 Å². The van der Waals surface area contributed by atoms with Crippen LogP contribution in [0.2, 0.25) is 0 Å². The van der Waals surface area contributed by atoms with E-state index in [1.807, 2.05) is 60.0 Å². The Morgan fingerprint density at radius 3 is 2.45 bits per heavy atom. The number of carbonyl (C=O) groups is 1. The Hall–Kier alpha value is -2.95. The molecule has 2 fully saturated rings. The minimum atomic E-state index is -0.549. The van der Waals surface area contributed by atoms with E-state index in [0.29, 0.717) is 30.2 Å². The molecule has 2 saturated heterocycles. The Labute approximate surface area is 228 Å². The van der Waals surface area contributed by atoms with Crippen LogP contribution >= 0.6 is 11.3 Å². The zero-order chi connectivity index (χ0) is 26.5. The number of aliphatic hydroxyl groups excluding tert-OH is 1. The minimum Gasteiger partial charge on any atom is -0.397 e. The molecule has 0 spiro atoms. The third kappa shape index (κ3) is 6.03. The van der Waals surface area contributed by atoms with E-state index in [0.717, 1.165) is 61.6 Å². The molecular formula is C29H37N5O3S. The first-order chi connectivity index (χ1) is 18.5. The highest BCUT2D eigenvalue weighted by molar-refractivity contribution is 7.13. The molecule has 8 nitrogen and oxygen atoms in total. The van der Waals surface area contributed by atoms with Crippen LogP contribution in [0.25, 0.3) is 10.4 Å². The van der Waals surface area contributed by atoms with Crippen molar-refractivity contribution in [3.8, 4) is 10.4 Å². The van der Waals surface area contributed by atoms with Crippen LogP contribution in [0.3, 0.4) is 0 Å². The van der Waals surface area contributed by atoms with Crippen LogP contribution in [0.5, 0.6) is 0 Å². The number of hydrogen-bond acceptors (Lipinski definition) is 8. The summed E-state index contributed by atoms with van der Waals surface area (Å²) in [7, 11) is 0. The first-order valence-corrected chi connectivity index (χ1v) is 14.2. The second kappa shape index (κ2) is 11.8. The van der Waals surface area contributed by atoms with Crippen LogP contribution in [0.4, 0.5) is 17.1 Å². The Bertz CT molecular complexity index is 1200. The number of nitrogens with zero attached hydrogens (tertiary/aromatic N) is 2. The molecule has 2 aliphatic heterocycles. The van der Waals surface area contributed by atoms with E-state index in [1.54, 1.807) is 11.3 Å². The Kier molecular flexibility index (Phi) is 8.30. The lowest BCUT2D eigenvalue weighted by atomic mass is 9.84. The first kappa shape index (κ1) is 26.6. The molecule has 1 amide bonds. The van der Waals surface area contributed by atoms with Crippen LogP contribution in [-0.4, -0.2) is 72.1 Å². The first-order valence-electron chi connectivity index (χ1n) is 13.3. The molecule has 0 saturated carbocycles. The molecule has 2 aromatic carbocycles. The predicted molar refractivity (Wildman–Crippen MR) is 154 cm³/mol. The van der Waals surface area contributed by atoms with Crippen LogP contribution in [0.1, 0.15) is 36.5 Å². The third-order valence-corrected chi connectivity index (χ3v) is 8.71. The number of rotatable bonds is 8. The molecule has 1 atom stereocenters. The molecule has 0 aliphatic carbocycles. The van der Waals surface area contributed by atoms with Crippen molar-refractivity contribution >= 4 is 34.3 Å². The average molecular weight is 536 g/mol. The van der Waals surface area contributed by atoms with Gasteiger partial charge in [0.05, 0.1) is 24.6 Å². The second-order valence-electron chi connectivity index (χ2n) is 10.1. The largest absolute Gasteiger partial charge is 0.397 e. The molecule has 0 bridgehead atoms. The molecule has 202 valence electrons. The summed E-state index contributed by atoms with van der Waals surface area (Å²) < 4.78 is 5.42. The Morgan fingerprint density at radius 2 is 1.79 bits per heavy atom. The summed E-state index contributed by atoms with van der Waals surface area (Å²) in [6, 6.07) is 17.4. The number of likely N-dealkylation sites (tertiary alicyclic amines) is 1. The second-order valence-corrected chi connectivity index (χ2v) is 11.0. The lowest BCUT2D eigenvalue weighted by Crippen LogP contribution is -2.57. The van der Waals surface area contributed by atoms with Gasteiger partial charge in [-0.1, -0.05) is 19.1 Å². The summed E-state index contributed by atoms with van der Waals surface area (Å²) in [5.41, 5.74) is 9.84. The van der Waals surface area contributed by atoms with Gasteiger partial charge in [-0.25, -0.2) is 0 Å². The van der Waals surface area contributed by atoms with Crippen LogP contribution in [-0.2, 0) is 4.74 Å². The van der Waals surface area contributed by atoms with Gasteiger partial charge in [0.1, 0.15) is 0 Å². The topological polar surface area (TPSA) is 103 Å². The predicted octanol–water partition coefficient (Wildman–Crippen LogP) is 4.51. The summed E-state index contributed by atoms with van der Waals surface area (Å²) in [6.45, 7) is 6.74. The molecule has 1 aromatic heterocycles. The third-order valence-electron chi connectivity index (χ3n) is 7.79. The van der Waals surface area contributed by atoms with Crippen molar-refractivity contribution < 1.29 is 14.6 Å². The summed E-state index contributed by atoms with van der Waals surface area (Å²) in [4.78, 5) is 18.4. The van der Waals surface area contributed by atoms with E-state index in [9.17, 15) is 9.90 Å². The highest BCUT2D eigenvalue weighted by Crippen LogP contribution is 2.32. The number of aliphatic hydroxyl groups is 1. The monoisotopic (exact) mass is 535 g/mol. The summed E-state index contributed by atoms with van der Waals surface area (Å²) in [5, 5.41) is 19.6. The van der Waals surface area contributed by atoms with Crippen LogP contribution in [0, 0.1) is 0 Å². The number of nitrogens with one attached hydrogen (secondary N) is 2. The van der Waals surface area contributed by atoms with Gasteiger partial charge in [-0.15, -0.1) is 11.3 Å². The number of ether oxygens (including phenoxy) is 1. The van der Waals surface area contributed by atoms with Crippen LogP contribution < -0.4 is 16.4 Å². The van der Waals surface area contributed by atoms with E-state index in [4.69, 9.17) is 10.5 Å². The van der Waals surface area contributed by atoms with Gasteiger partial charge in [-0.2, -0.15) is 0 Å². The quantitative estimate of drug-likeness (QED) is 0.315. The summed E-state index contributed by atoms with van der Waals surface area (Å²) in [6.07, 6.45) is 2.31. The molecule has 0 radical (unpaired) electrons. The molecule has 2 aliphatic rings. The average Bonchev–Trinajstić information content (AvgIpc) is 3.50. The Balaban J connectivity index is 1.19. The number of piperidine rings is 1. The zero-order valence-corrected chi connectivity index (χ0v) is 22.7. The summed E-state index contributed by atoms with van der Waals surface area (Å²) >= 11 is 1.65. The number of thiophene rings is 1. The number of amides is 1. The molecule has 9 heteroatoms. The molecule has 5 N–H and O–H groups in total. The van der Waals surface area contributed by atoms with Gasteiger partial charge in [0, 0.05) is 47.8 Å². The lowest BCUT2D eigenvalue weighted by molar-refractivity contribution is -0.147. The van der Waals surface area contributed by atoms with Crippen molar-refractivity contribution in [3.63, 3.8) is 0 Å². The van der Waals surface area contributed by atoms with E-state index in [2.05, 4.69) is 27.4 Å². The summed E-state index contributed by atoms with van der Waals surface area (Å²) in [5.74, 6) is -0.192. The maximum atomic E-state index is 13.0. The van der Waals surface area contributed by atoms with E-state index >= 15 is 0 Å². The molecular weight excluding hydrogens is 498 g/mol. The fourth-order valence-electron chi connectivity index (χ4n) is 5.26. The van der Waals surface area contributed by atoms with E-state index in [1.165, 1.54) is 0 Å². The lowest BCUT2D eigenvalue weighted by Gasteiger charge is -2.46. The highest BCUT2D eigenvalue weighted by atomic mass is 32.1. The zero-order valence-electron chi connectivity index (χ0n) is 21.9. The normalized spacial score (nSPS) is 19.1. The van der Waals surface area contributed by atoms with Gasteiger partial charge >= 0.3 is 0 Å². The molecule has 38 heavy (non-hydrogen) atoms. The van der Waals surface area contributed by atoms with Gasteiger partial charge in [0.25, 0.3) is 5.91 Å². The fourth-order valence-corrected chi connectivity index (χ4v) is 5.98. The number of benzene rings is 2. The molecule has 1 unspecified atom stereocenters. The number of morpholine rings is 1. The van der Waals surface area contributed by atoms with Gasteiger partial charge in [-0.3, -0.25) is 14.6 Å². The van der Waals surface area contributed by atoms with Crippen molar-refractivity contribution in [2.45, 2.75) is 38.1 Å². The smallest absolute Gasteiger partial charge is 0.255 e. The van der Waals surface area contributed by atoms with Crippen molar-refractivity contribution in [2.75, 3.05) is 55.8 Å². The standard InChI is InChI=1S/C29H37N5O3S/c1-2-29(11-13-33(14-12-29)28(36)34-15-17-37-18-16-34)32-23-8-5-21(6-9-23)27(35)31-25-20-22(7-10-24(25)30)26-4-3-19-38-26/h3-10,19-20,28,32,36H,2,11-18,30H2,1H3,(H,31,35). The SMILES string of the molecule is CCC1(Nc2ccc(C(=O)Nc3cc(-c4cccs4)ccc3N)cc2)CCN(C(O)N2CCOCC2)CC1. The number of hydrogen-bond donors (Lipinski definition) is 4. The van der Waals surface area contributed by atoms with Crippen molar-refractivity contribution in [1.29, 1.82) is 0 Å². The number of nitrogens with two attached hydrogens (primary N) is 1. The minimum absolute atomic E-state index is 0.0400. The number of anilines is 3. The number of carbonyl (C=O) groups excluding carboxylic acids is 1. The van der Waals surface area contributed by atoms with Gasteiger partial charge in [0.15, 0.2) is 6.35 Å². The van der Waals surface area contributed by atoms with Crippen molar-refractivity contribution in [1.82, 2.24) is 9.80 Å². The molecule has 3 heterocycles. The van der Waals surface area contributed by atoms with Gasteiger partial charge < -0.3 is 26.2 Å². The van der Waals surface area contributed by atoms with Crippen molar-refractivity contribution in [3.05, 3.63) is 65.5 Å². The van der Waals surface area contributed by atoms with Crippen molar-refractivity contribution in [2.24, 2.45) is 0 Å². The molecule has 3 aromatic rings. The maximum Gasteiger partial charge on any atom is 0.255 e. The van der Waals surface area contributed by atoms with Gasteiger partial charge in [0.2, 0.25) is 0 Å². The number of nitrogen functional groups attached to an aromatic ring is 1. The highest BCUT2D eigenvalue weighted by Gasteiger charge is 2.36. The fraction of sp³-hybridized carbons (Fsp3) is 0.414. The Morgan fingerprint density at radius 1 is 1.08 bits per heavy atom. The van der Waals surface area contributed by atoms with E-state index in [-0.39, 0.29) is 11.4 Å². The van der Waals surface area contributed by atoms with Gasteiger partial charge in [-0.05, 0) is 72.7 Å². The maximum absolute atomic E-state index is 13.0.